The molecule has 1 aliphatic rings. The van der Waals surface area contributed by atoms with Gasteiger partial charge in [-0.25, -0.2) is 0 Å². The van der Waals surface area contributed by atoms with Crippen molar-refractivity contribution in [2.45, 2.75) is 6.92 Å². The number of benzene rings is 2. The normalized spacial score (nSPS) is 15.9. The van der Waals surface area contributed by atoms with Crippen molar-refractivity contribution in [3.05, 3.63) is 70.8 Å². The van der Waals surface area contributed by atoms with Crippen LogP contribution in [-0.4, -0.2) is 11.8 Å². The second kappa shape index (κ2) is 4.78. The van der Waals surface area contributed by atoms with Crippen LogP contribution in [0.2, 0.25) is 0 Å². The third-order valence-electron chi connectivity index (χ3n) is 3.32. The molecule has 0 radical (unpaired) electrons. The van der Waals surface area contributed by atoms with Crippen molar-refractivity contribution in [3.63, 3.8) is 0 Å². The molecule has 2 amide bonds. The first-order chi connectivity index (χ1) is 9.65. The van der Waals surface area contributed by atoms with Gasteiger partial charge < -0.3 is 0 Å². The van der Waals surface area contributed by atoms with Crippen LogP contribution in [0.5, 0.6) is 0 Å². The Kier molecular flexibility index (Phi) is 2.95. The summed E-state index contributed by atoms with van der Waals surface area (Å²) in [7, 11) is 0. The molecule has 3 nitrogen and oxygen atoms in total. The number of hydrogen-bond donors (Lipinski definition) is 1. The van der Waals surface area contributed by atoms with Gasteiger partial charge in [-0.3, -0.25) is 14.9 Å². The van der Waals surface area contributed by atoms with Crippen LogP contribution in [0.15, 0.2) is 48.5 Å². The molecule has 98 valence electrons. The minimum absolute atomic E-state index is 0.341. The maximum absolute atomic E-state index is 12.0. The number of amides is 2. The van der Waals surface area contributed by atoms with Crippen LogP contribution in [0.4, 0.5) is 0 Å². The fraction of sp³-hybridized carbons (Fsp3) is 0.0588. The molecule has 20 heavy (non-hydrogen) atoms. The van der Waals surface area contributed by atoms with Crippen LogP contribution < -0.4 is 5.32 Å². The van der Waals surface area contributed by atoms with Gasteiger partial charge in [-0.15, -0.1) is 0 Å². The van der Waals surface area contributed by atoms with Crippen LogP contribution >= 0.6 is 0 Å². The predicted molar refractivity (Wildman–Crippen MR) is 78.0 cm³/mol. The zero-order valence-corrected chi connectivity index (χ0v) is 11.0. The molecule has 1 N–H and O–H groups in total. The minimum atomic E-state index is -0.353. The second-order valence-electron chi connectivity index (χ2n) is 4.80. The number of carbonyl (C=O) groups is 2. The van der Waals surface area contributed by atoms with Crippen LogP contribution in [0, 0.1) is 6.92 Å². The summed E-state index contributed by atoms with van der Waals surface area (Å²) < 4.78 is 0. The summed E-state index contributed by atoms with van der Waals surface area (Å²) in [6, 6.07) is 15.0. The first kappa shape index (κ1) is 12.4. The summed E-state index contributed by atoms with van der Waals surface area (Å²) in [6.07, 6.45) is 1.81. The van der Waals surface area contributed by atoms with E-state index in [-0.39, 0.29) is 11.8 Å². The maximum atomic E-state index is 12.0. The Hall–Kier alpha value is -2.68. The standard InChI is InChI=1S/C17H13NO2/c1-11-6-8-12(9-7-11)10-15-13-4-2-3-5-14(13)16(19)18-17(15)20/h2-10H,1H3,(H,18,19,20). The lowest BCUT2D eigenvalue weighted by Crippen LogP contribution is -2.36. The molecular weight excluding hydrogens is 250 g/mol. The molecule has 0 aliphatic carbocycles. The van der Waals surface area contributed by atoms with Gasteiger partial charge in [0.15, 0.2) is 0 Å². The van der Waals surface area contributed by atoms with Gasteiger partial charge in [0.25, 0.3) is 11.8 Å². The summed E-state index contributed by atoms with van der Waals surface area (Å²) in [5.74, 6) is -0.694. The van der Waals surface area contributed by atoms with Crippen molar-refractivity contribution >= 4 is 23.5 Å². The number of fused-ring (bicyclic) bond motifs is 1. The van der Waals surface area contributed by atoms with E-state index in [1.54, 1.807) is 24.3 Å². The highest BCUT2D eigenvalue weighted by atomic mass is 16.2. The van der Waals surface area contributed by atoms with Crippen LogP contribution in [-0.2, 0) is 4.79 Å². The van der Waals surface area contributed by atoms with Gasteiger partial charge in [0.05, 0.1) is 0 Å². The first-order valence-corrected chi connectivity index (χ1v) is 6.38. The number of rotatable bonds is 1. The Morgan fingerprint density at radius 3 is 2.20 bits per heavy atom. The van der Waals surface area contributed by atoms with Crippen molar-refractivity contribution in [2.75, 3.05) is 0 Å². The largest absolute Gasteiger partial charge is 0.288 e. The monoisotopic (exact) mass is 263 g/mol. The van der Waals surface area contributed by atoms with Crippen molar-refractivity contribution in [1.82, 2.24) is 5.32 Å². The van der Waals surface area contributed by atoms with E-state index in [1.165, 1.54) is 0 Å². The molecular formula is C17H13NO2. The van der Waals surface area contributed by atoms with Gasteiger partial charge in [0.1, 0.15) is 0 Å². The van der Waals surface area contributed by atoms with Gasteiger partial charge in [-0.2, -0.15) is 0 Å². The topological polar surface area (TPSA) is 46.2 Å². The van der Waals surface area contributed by atoms with Crippen LogP contribution in [0.1, 0.15) is 27.0 Å². The lowest BCUT2D eigenvalue weighted by molar-refractivity contribution is -0.114. The highest BCUT2D eigenvalue weighted by Gasteiger charge is 2.26. The Balaban J connectivity index is 2.13. The van der Waals surface area contributed by atoms with Gasteiger partial charge in [0, 0.05) is 11.1 Å². The lowest BCUT2D eigenvalue weighted by atomic mass is 9.93. The van der Waals surface area contributed by atoms with Gasteiger partial charge in [-0.1, -0.05) is 48.0 Å². The maximum Gasteiger partial charge on any atom is 0.258 e. The van der Waals surface area contributed by atoms with E-state index >= 15 is 0 Å². The minimum Gasteiger partial charge on any atom is -0.288 e. The van der Waals surface area contributed by atoms with E-state index in [2.05, 4.69) is 5.32 Å². The van der Waals surface area contributed by atoms with Crippen molar-refractivity contribution < 1.29 is 9.59 Å². The van der Waals surface area contributed by atoms with E-state index in [0.29, 0.717) is 16.7 Å². The summed E-state index contributed by atoms with van der Waals surface area (Å²) in [6.45, 7) is 2.01. The Labute approximate surface area is 116 Å². The van der Waals surface area contributed by atoms with Gasteiger partial charge in [-0.05, 0) is 30.2 Å². The van der Waals surface area contributed by atoms with E-state index in [0.717, 1.165) is 11.1 Å². The zero-order valence-electron chi connectivity index (χ0n) is 11.0. The molecule has 0 fully saturated rings. The Morgan fingerprint density at radius 2 is 1.50 bits per heavy atom. The van der Waals surface area contributed by atoms with Crippen molar-refractivity contribution in [3.8, 4) is 0 Å². The predicted octanol–water partition coefficient (Wildman–Crippen LogP) is 2.81. The second-order valence-corrected chi connectivity index (χ2v) is 4.80. The van der Waals surface area contributed by atoms with Crippen molar-refractivity contribution in [2.24, 2.45) is 0 Å². The van der Waals surface area contributed by atoms with Gasteiger partial charge in [0.2, 0.25) is 0 Å². The summed E-state index contributed by atoms with van der Waals surface area (Å²) >= 11 is 0. The van der Waals surface area contributed by atoms with E-state index < -0.39 is 0 Å². The van der Waals surface area contributed by atoms with E-state index in [1.807, 2.05) is 37.3 Å². The molecule has 0 saturated heterocycles. The molecule has 0 atom stereocenters. The van der Waals surface area contributed by atoms with E-state index in [9.17, 15) is 9.59 Å². The SMILES string of the molecule is Cc1ccc(C=C2C(=O)NC(=O)c3ccccc32)cc1. The molecule has 0 aromatic heterocycles. The molecule has 0 saturated carbocycles. The molecule has 0 bridgehead atoms. The average molecular weight is 263 g/mol. The molecule has 3 heteroatoms. The molecule has 0 unspecified atom stereocenters. The highest BCUT2D eigenvalue weighted by Crippen LogP contribution is 2.25. The quantitative estimate of drug-likeness (QED) is 0.635. The lowest BCUT2D eigenvalue weighted by Gasteiger charge is -2.18. The van der Waals surface area contributed by atoms with Crippen LogP contribution in [0.25, 0.3) is 11.6 Å². The fourth-order valence-electron chi connectivity index (χ4n) is 2.25. The Morgan fingerprint density at radius 1 is 0.850 bits per heavy atom. The number of carbonyl (C=O) groups excluding carboxylic acids is 2. The highest BCUT2D eigenvalue weighted by molar-refractivity contribution is 6.33. The summed E-state index contributed by atoms with van der Waals surface area (Å²) in [5.41, 5.74) is 3.83. The molecule has 1 heterocycles. The van der Waals surface area contributed by atoms with Crippen LogP contribution in [0.3, 0.4) is 0 Å². The first-order valence-electron chi connectivity index (χ1n) is 6.38. The fourth-order valence-corrected chi connectivity index (χ4v) is 2.25. The van der Waals surface area contributed by atoms with E-state index in [4.69, 9.17) is 0 Å². The Bertz CT molecular complexity index is 727. The molecule has 2 aromatic rings. The number of nitrogens with one attached hydrogen (secondary N) is 1. The third kappa shape index (κ3) is 2.14. The molecule has 2 aromatic carbocycles. The van der Waals surface area contributed by atoms with Crippen molar-refractivity contribution in [1.29, 1.82) is 0 Å². The number of imide groups is 1. The summed E-state index contributed by atoms with van der Waals surface area (Å²) in [4.78, 5) is 23.8. The molecule has 0 spiro atoms. The summed E-state index contributed by atoms with van der Waals surface area (Å²) in [5, 5.41) is 2.37. The number of aryl methyl sites for hydroxylation is 1. The average Bonchev–Trinajstić information content (AvgIpc) is 2.45. The molecule has 3 rings (SSSR count). The van der Waals surface area contributed by atoms with Gasteiger partial charge >= 0.3 is 0 Å². The zero-order chi connectivity index (χ0) is 14.1. The smallest absolute Gasteiger partial charge is 0.258 e. The number of hydrogen-bond acceptors (Lipinski definition) is 2. The third-order valence-corrected chi connectivity index (χ3v) is 3.32. The molecule has 1 aliphatic heterocycles.